The lowest BCUT2D eigenvalue weighted by atomic mass is 9.94. The number of Topliss-reactive ketones (excluding diaryl/α,β-unsaturated/α-hetero) is 1. The van der Waals surface area contributed by atoms with E-state index in [4.69, 9.17) is 4.74 Å². The summed E-state index contributed by atoms with van der Waals surface area (Å²) >= 11 is 0. The number of nitrogens with zero attached hydrogens (tertiary/aromatic N) is 2. The number of para-hydroxylation sites is 1. The minimum atomic E-state index is -0.788. The van der Waals surface area contributed by atoms with Crippen molar-refractivity contribution in [2.75, 3.05) is 12.0 Å². The fraction of sp³-hybridized carbons (Fsp3) is 0.172. The SMILES string of the molecule is COc1ccc(/C(O)=C2\C(=O)C(=O)N(c3cc(C)cc(C)c3)C2c2cn(C)c3ccccc23)cc1. The van der Waals surface area contributed by atoms with Gasteiger partial charge in [-0.25, -0.2) is 0 Å². The van der Waals surface area contributed by atoms with Crippen LogP contribution in [0.5, 0.6) is 5.75 Å². The first-order chi connectivity index (χ1) is 16.8. The summed E-state index contributed by atoms with van der Waals surface area (Å²) in [6.07, 6.45) is 1.93. The van der Waals surface area contributed by atoms with Crippen LogP contribution in [0.25, 0.3) is 16.7 Å². The maximum atomic E-state index is 13.5. The Morgan fingerprint density at radius 3 is 2.26 bits per heavy atom. The molecule has 35 heavy (non-hydrogen) atoms. The normalized spacial score (nSPS) is 17.4. The molecule has 1 amide bonds. The first-order valence-electron chi connectivity index (χ1n) is 11.4. The van der Waals surface area contributed by atoms with Crippen LogP contribution in [0.2, 0.25) is 0 Å². The molecule has 0 bridgehead atoms. The van der Waals surface area contributed by atoms with Crippen molar-refractivity contribution in [3.05, 3.63) is 101 Å². The smallest absolute Gasteiger partial charge is 0.300 e. The van der Waals surface area contributed by atoms with Crippen molar-refractivity contribution in [3.8, 4) is 5.75 Å². The Morgan fingerprint density at radius 1 is 0.943 bits per heavy atom. The van der Waals surface area contributed by atoms with Crippen molar-refractivity contribution in [2.45, 2.75) is 19.9 Å². The quantitative estimate of drug-likeness (QED) is 0.247. The molecule has 1 saturated heterocycles. The Kier molecular flexibility index (Phi) is 5.44. The van der Waals surface area contributed by atoms with Crippen molar-refractivity contribution in [3.63, 3.8) is 0 Å². The summed E-state index contributed by atoms with van der Waals surface area (Å²) in [7, 11) is 3.49. The number of benzene rings is 3. The second-order valence-electron chi connectivity index (χ2n) is 8.96. The molecule has 0 spiro atoms. The number of ether oxygens (including phenoxy) is 1. The van der Waals surface area contributed by atoms with E-state index in [1.165, 1.54) is 4.90 Å². The molecule has 1 fully saturated rings. The van der Waals surface area contributed by atoms with E-state index in [1.807, 2.05) is 74.1 Å². The third-order valence-corrected chi connectivity index (χ3v) is 6.51. The Hall–Kier alpha value is -4.32. The van der Waals surface area contributed by atoms with Gasteiger partial charge >= 0.3 is 0 Å². The number of hydrogen-bond donors (Lipinski definition) is 1. The summed E-state index contributed by atoms with van der Waals surface area (Å²) in [5.41, 5.74) is 4.83. The third kappa shape index (κ3) is 3.67. The molecule has 1 aromatic heterocycles. The van der Waals surface area contributed by atoms with Gasteiger partial charge in [-0.2, -0.15) is 0 Å². The highest BCUT2D eigenvalue weighted by atomic mass is 16.5. The van der Waals surface area contributed by atoms with Crippen molar-refractivity contribution in [2.24, 2.45) is 7.05 Å². The number of aromatic nitrogens is 1. The topological polar surface area (TPSA) is 71.8 Å². The fourth-order valence-electron chi connectivity index (χ4n) is 4.98. The number of carbonyl (C=O) groups is 2. The van der Waals surface area contributed by atoms with E-state index < -0.39 is 17.7 Å². The Bertz CT molecular complexity index is 1490. The number of anilines is 1. The molecular weight excluding hydrogens is 440 g/mol. The van der Waals surface area contributed by atoms with Gasteiger partial charge in [0, 0.05) is 41.0 Å². The van der Waals surface area contributed by atoms with Crippen molar-refractivity contribution < 1.29 is 19.4 Å². The summed E-state index contributed by atoms with van der Waals surface area (Å²) in [5, 5.41) is 12.3. The van der Waals surface area contributed by atoms with Gasteiger partial charge in [0.15, 0.2) is 0 Å². The van der Waals surface area contributed by atoms with E-state index in [-0.39, 0.29) is 11.3 Å². The predicted octanol–water partition coefficient (Wildman–Crippen LogP) is 5.43. The van der Waals surface area contributed by atoms with Crippen LogP contribution in [0.3, 0.4) is 0 Å². The minimum Gasteiger partial charge on any atom is -0.507 e. The Labute approximate surface area is 203 Å². The van der Waals surface area contributed by atoms with Crippen LogP contribution < -0.4 is 9.64 Å². The Morgan fingerprint density at radius 2 is 1.60 bits per heavy atom. The maximum absolute atomic E-state index is 13.5. The van der Waals surface area contributed by atoms with Crippen LogP contribution in [0, 0.1) is 13.8 Å². The first-order valence-corrected chi connectivity index (χ1v) is 11.4. The molecule has 0 saturated carbocycles. The lowest BCUT2D eigenvalue weighted by Gasteiger charge is -2.25. The van der Waals surface area contributed by atoms with Crippen LogP contribution in [-0.2, 0) is 16.6 Å². The van der Waals surface area contributed by atoms with Gasteiger partial charge in [0.2, 0.25) is 0 Å². The summed E-state index contributed by atoms with van der Waals surface area (Å²) in [6, 6.07) is 19.6. The molecule has 5 rings (SSSR count). The molecular formula is C29H26N2O4. The van der Waals surface area contributed by atoms with E-state index in [1.54, 1.807) is 31.4 Å². The zero-order valence-electron chi connectivity index (χ0n) is 20.1. The van der Waals surface area contributed by atoms with Crippen LogP contribution in [0.1, 0.15) is 28.3 Å². The molecule has 176 valence electrons. The van der Waals surface area contributed by atoms with Gasteiger partial charge in [-0.15, -0.1) is 0 Å². The summed E-state index contributed by atoms with van der Waals surface area (Å²) in [6.45, 7) is 3.91. The lowest BCUT2D eigenvalue weighted by Crippen LogP contribution is -2.29. The summed E-state index contributed by atoms with van der Waals surface area (Å²) < 4.78 is 7.19. The van der Waals surface area contributed by atoms with Gasteiger partial charge in [0.1, 0.15) is 11.5 Å². The average Bonchev–Trinajstić information content (AvgIpc) is 3.31. The molecule has 6 nitrogen and oxygen atoms in total. The minimum absolute atomic E-state index is 0.0654. The highest BCUT2D eigenvalue weighted by molar-refractivity contribution is 6.52. The number of fused-ring (bicyclic) bond motifs is 1. The number of ketones is 1. The van der Waals surface area contributed by atoms with Gasteiger partial charge in [-0.1, -0.05) is 24.3 Å². The second-order valence-corrected chi connectivity index (χ2v) is 8.96. The molecule has 1 unspecified atom stereocenters. The molecule has 1 aliphatic rings. The van der Waals surface area contributed by atoms with Gasteiger partial charge in [0.05, 0.1) is 18.7 Å². The molecule has 6 heteroatoms. The van der Waals surface area contributed by atoms with Crippen LogP contribution in [-0.4, -0.2) is 28.5 Å². The highest BCUT2D eigenvalue weighted by Gasteiger charge is 2.48. The number of methoxy groups -OCH3 is 1. The summed E-state index contributed by atoms with van der Waals surface area (Å²) in [5.74, 6) is -0.961. The van der Waals surface area contributed by atoms with E-state index in [0.717, 1.165) is 27.6 Å². The molecule has 2 heterocycles. The molecule has 1 aliphatic heterocycles. The number of aliphatic hydroxyl groups excluding tert-OH is 1. The van der Waals surface area contributed by atoms with Crippen LogP contribution in [0.4, 0.5) is 5.69 Å². The monoisotopic (exact) mass is 466 g/mol. The maximum Gasteiger partial charge on any atom is 0.300 e. The molecule has 1 N–H and O–H groups in total. The summed E-state index contributed by atoms with van der Waals surface area (Å²) in [4.78, 5) is 28.5. The number of carbonyl (C=O) groups excluding carboxylic acids is 2. The van der Waals surface area contributed by atoms with Crippen molar-refractivity contribution in [1.82, 2.24) is 4.57 Å². The second kappa shape index (κ2) is 8.47. The highest BCUT2D eigenvalue weighted by Crippen LogP contribution is 2.45. The number of hydrogen-bond acceptors (Lipinski definition) is 4. The van der Waals surface area contributed by atoms with Gasteiger partial charge in [-0.3, -0.25) is 14.5 Å². The standard InChI is InChI=1S/C29H26N2O4/c1-17-13-18(2)15-20(14-17)31-26(23-16-30(3)24-8-6-5-7-22(23)24)25(28(33)29(31)34)27(32)19-9-11-21(35-4)12-10-19/h5-16,26,32H,1-4H3/b27-25+. The van der Waals surface area contributed by atoms with E-state index >= 15 is 0 Å². The fourth-order valence-corrected chi connectivity index (χ4v) is 4.98. The largest absolute Gasteiger partial charge is 0.507 e. The van der Waals surface area contributed by atoms with Gasteiger partial charge < -0.3 is 14.4 Å². The van der Waals surface area contributed by atoms with E-state index in [2.05, 4.69) is 0 Å². The molecule has 4 aromatic rings. The third-order valence-electron chi connectivity index (χ3n) is 6.51. The Balaban J connectivity index is 1.80. The molecule has 0 aliphatic carbocycles. The van der Waals surface area contributed by atoms with Crippen LogP contribution >= 0.6 is 0 Å². The first kappa shape index (κ1) is 22.5. The average molecular weight is 467 g/mol. The number of aliphatic hydroxyl groups is 1. The van der Waals surface area contributed by atoms with Gasteiger partial charge in [-0.05, 0) is 67.4 Å². The van der Waals surface area contributed by atoms with Crippen molar-refractivity contribution in [1.29, 1.82) is 0 Å². The van der Waals surface area contributed by atoms with Crippen LogP contribution in [0.15, 0.2) is 78.5 Å². The predicted molar refractivity (Wildman–Crippen MR) is 137 cm³/mol. The zero-order valence-corrected chi connectivity index (χ0v) is 20.1. The molecule has 3 aromatic carbocycles. The van der Waals surface area contributed by atoms with E-state index in [9.17, 15) is 14.7 Å². The lowest BCUT2D eigenvalue weighted by molar-refractivity contribution is -0.132. The number of amides is 1. The molecule has 0 radical (unpaired) electrons. The van der Waals surface area contributed by atoms with Gasteiger partial charge in [0.25, 0.3) is 11.7 Å². The van der Waals surface area contributed by atoms with E-state index in [0.29, 0.717) is 17.0 Å². The van der Waals surface area contributed by atoms with Crippen molar-refractivity contribution >= 4 is 34.0 Å². The zero-order chi connectivity index (χ0) is 24.9. The molecule has 1 atom stereocenters. The number of rotatable bonds is 4. The number of aryl methyl sites for hydroxylation is 3.